The average Bonchev–Trinajstić information content (AvgIpc) is 3.63. The van der Waals surface area contributed by atoms with Crippen molar-refractivity contribution in [3.8, 4) is 0 Å². The topological polar surface area (TPSA) is 127 Å². The van der Waals surface area contributed by atoms with Gasteiger partial charge in [0.15, 0.2) is 5.69 Å². The first-order valence-electron chi connectivity index (χ1n) is 16.8. The number of amides is 3. The van der Waals surface area contributed by atoms with E-state index in [1.165, 1.54) is 6.42 Å². The van der Waals surface area contributed by atoms with Crippen molar-refractivity contribution in [3.05, 3.63) is 89.3 Å². The molecule has 10 nitrogen and oxygen atoms in total. The summed E-state index contributed by atoms with van der Waals surface area (Å²) in [6, 6.07) is 15.8. The number of oxazole rings is 1. The minimum absolute atomic E-state index is 0.0647. The Morgan fingerprint density at radius 1 is 1.00 bits per heavy atom. The van der Waals surface area contributed by atoms with Crippen LogP contribution in [0.4, 0.5) is 4.79 Å². The monoisotopic (exact) mass is 641 g/mol. The van der Waals surface area contributed by atoms with Crippen LogP contribution >= 0.6 is 0 Å². The molecule has 47 heavy (non-hydrogen) atoms. The predicted molar refractivity (Wildman–Crippen MR) is 181 cm³/mol. The fourth-order valence-electron chi connectivity index (χ4n) is 6.32. The Hall–Kier alpha value is -4.60. The Morgan fingerprint density at radius 2 is 1.72 bits per heavy atom. The number of para-hydroxylation sites is 1. The van der Waals surface area contributed by atoms with Gasteiger partial charge >= 0.3 is 12.0 Å². The van der Waals surface area contributed by atoms with E-state index in [9.17, 15) is 14.4 Å². The second kappa shape index (κ2) is 15.8. The van der Waals surface area contributed by atoms with Crippen LogP contribution in [0.3, 0.4) is 0 Å². The van der Waals surface area contributed by atoms with E-state index in [1.54, 1.807) is 6.92 Å². The molecule has 1 saturated carbocycles. The third-order valence-electron chi connectivity index (χ3n) is 8.74. The summed E-state index contributed by atoms with van der Waals surface area (Å²) in [6.07, 6.45) is 8.15. The van der Waals surface area contributed by atoms with Crippen molar-refractivity contribution in [1.29, 1.82) is 0 Å². The lowest BCUT2D eigenvalue weighted by Gasteiger charge is -2.26. The molecule has 0 saturated heterocycles. The van der Waals surface area contributed by atoms with Crippen LogP contribution in [0.2, 0.25) is 0 Å². The summed E-state index contributed by atoms with van der Waals surface area (Å²) in [6.45, 7) is 8.66. The maximum atomic E-state index is 14.0. The molecule has 1 fully saturated rings. The maximum absolute atomic E-state index is 14.0. The zero-order valence-corrected chi connectivity index (χ0v) is 27.9. The molecule has 0 radical (unpaired) electrons. The first-order valence-corrected chi connectivity index (χ1v) is 16.8. The number of nitrogens with zero attached hydrogens (tertiary/aromatic N) is 2. The molecule has 2 heterocycles. The largest absolute Gasteiger partial charge is 0.456 e. The highest BCUT2D eigenvalue weighted by molar-refractivity contribution is 5.89. The number of rotatable bonds is 13. The zero-order valence-electron chi connectivity index (χ0n) is 27.9. The quantitative estimate of drug-likeness (QED) is 0.138. The first kappa shape index (κ1) is 33.8. The molecule has 1 aliphatic carbocycles. The van der Waals surface area contributed by atoms with Gasteiger partial charge in [-0.2, -0.15) is 0 Å². The van der Waals surface area contributed by atoms with Crippen molar-refractivity contribution in [2.24, 2.45) is 5.92 Å². The van der Waals surface area contributed by atoms with E-state index in [0.717, 1.165) is 54.3 Å². The number of urea groups is 1. The van der Waals surface area contributed by atoms with E-state index in [-0.39, 0.29) is 42.1 Å². The van der Waals surface area contributed by atoms with Gasteiger partial charge in [0, 0.05) is 36.1 Å². The maximum Gasteiger partial charge on any atom is 0.360 e. The van der Waals surface area contributed by atoms with Gasteiger partial charge in [-0.05, 0) is 56.2 Å². The number of carbonyl (C=O) groups is 3. The third kappa shape index (κ3) is 8.81. The minimum Gasteiger partial charge on any atom is -0.456 e. The number of fused-ring (bicyclic) bond motifs is 1. The van der Waals surface area contributed by atoms with E-state index < -0.39 is 18.1 Å². The van der Waals surface area contributed by atoms with E-state index in [0.29, 0.717) is 18.6 Å². The Bertz CT molecular complexity index is 1650. The summed E-state index contributed by atoms with van der Waals surface area (Å²) in [5, 5.41) is 10.2. The fraction of sp³-hybridized carbons (Fsp3) is 0.459. The van der Waals surface area contributed by atoms with Crippen LogP contribution in [-0.2, 0) is 29.1 Å². The van der Waals surface area contributed by atoms with Gasteiger partial charge in [0.25, 0.3) is 0 Å². The first-order chi connectivity index (χ1) is 22.7. The Kier molecular flexibility index (Phi) is 11.3. The number of carbonyl (C=O) groups excluding carboxylic acids is 3. The van der Waals surface area contributed by atoms with Gasteiger partial charge in [0.05, 0.1) is 0 Å². The van der Waals surface area contributed by atoms with Gasteiger partial charge in [-0.25, -0.2) is 14.6 Å². The molecule has 2 atom stereocenters. The molecule has 1 aliphatic rings. The van der Waals surface area contributed by atoms with E-state index in [2.05, 4.69) is 50.8 Å². The average molecular weight is 642 g/mol. The van der Waals surface area contributed by atoms with E-state index in [1.807, 2.05) is 56.3 Å². The van der Waals surface area contributed by atoms with E-state index in [4.69, 9.17) is 9.15 Å². The van der Waals surface area contributed by atoms with Crippen LogP contribution in [0.1, 0.15) is 98.6 Å². The van der Waals surface area contributed by atoms with Crippen molar-refractivity contribution in [2.75, 3.05) is 0 Å². The van der Waals surface area contributed by atoms with Crippen molar-refractivity contribution < 1.29 is 23.5 Å². The summed E-state index contributed by atoms with van der Waals surface area (Å²) in [5.41, 5.74) is 3.01. The minimum atomic E-state index is -0.774. The fourth-order valence-corrected chi connectivity index (χ4v) is 6.32. The van der Waals surface area contributed by atoms with Crippen molar-refractivity contribution in [3.63, 3.8) is 0 Å². The molecule has 10 heteroatoms. The van der Waals surface area contributed by atoms with Crippen molar-refractivity contribution in [2.45, 2.75) is 104 Å². The van der Waals surface area contributed by atoms with Crippen molar-refractivity contribution >= 4 is 28.8 Å². The van der Waals surface area contributed by atoms with Crippen molar-refractivity contribution in [1.82, 2.24) is 25.5 Å². The molecule has 3 amide bonds. The predicted octanol–water partition coefficient (Wildman–Crippen LogP) is 6.76. The van der Waals surface area contributed by atoms with Crippen LogP contribution < -0.4 is 16.0 Å². The molecule has 0 unspecified atom stereocenters. The molecule has 0 aliphatic heterocycles. The molecule has 2 aromatic heterocycles. The molecule has 4 aromatic rings. The Labute approximate surface area is 276 Å². The van der Waals surface area contributed by atoms with Gasteiger partial charge in [0.2, 0.25) is 11.8 Å². The molecular formula is C37H47N5O5. The van der Waals surface area contributed by atoms with Gasteiger partial charge < -0.3 is 29.7 Å². The summed E-state index contributed by atoms with van der Waals surface area (Å²) in [4.78, 5) is 44.7. The highest BCUT2D eigenvalue weighted by atomic mass is 16.5. The van der Waals surface area contributed by atoms with Gasteiger partial charge in [-0.3, -0.25) is 4.79 Å². The number of ether oxygens (including phenoxy) is 1. The number of hydrogen-bond donors (Lipinski definition) is 3. The Morgan fingerprint density at radius 3 is 2.45 bits per heavy atom. The second-order valence-electron chi connectivity index (χ2n) is 12.9. The lowest BCUT2D eigenvalue weighted by Crippen LogP contribution is -2.53. The Balaban J connectivity index is 1.40. The highest BCUT2D eigenvalue weighted by Gasteiger charge is 2.30. The number of aryl methyl sites for hydroxylation is 2. The van der Waals surface area contributed by atoms with Gasteiger partial charge in [-0.15, -0.1) is 0 Å². The number of benzene rings is 2. The lowest BCUT2D eigenvalue weighted by molar-refractivity contribution is -0.124. The summed E-state index contributed by atoms with van der Waals surface area (Å²) in [7, 11) is 0. The molecule has 0 spiro atoms. The SMILES string of the molecule is CCn1cc(C[C@@H](NC(=O)[C@H](CC(C)C)NC(=O)NC2CCCCC2)c2nc(C(=O)OCc3ccccc3)c(C)o2)c2ccccc21. The van der Waals surface area contributed by atoms with Gasteiger partial charge in [0.1, 0.15) is 24.5 Å². The van der Waals surface area contributed by atoms with E-state index >= 15 is 0 Å². The molecule has 0 bridgehead atoms. The number of nitrogens with one attached hydrogen (secondary N) is 3. The smallest absolute Gasteiger partial charge is 0.360 e. The number of hydrogen-bond acceptors (Lipinski definition) is 6. The number of aromatic nitrogens is 2. The van der Waals surface area contributed by atoms with Gasteiger partial charge in [-0.1, -0.05) is 81.6 Å². The normalized spacial score (nSPS) is 14.9. The molecule has 2 aromatic carbocycles. The number of esters is 1. The summed E-state index contributed by atoms with van der Waals surface area (Å²) < 4.78 is 13.8. The highest BCUT2D eigenvalue weighted by Crippen LogP contribution is 2.28. The van der Waals surface area contributed by atoms with Crippen LogP contribution in [0.25, 0.3) is 10.9 Å². The van der Waals surface area contributed by atoms with Crippen LogP contribution in [0.15, 0.2) is 65.2 Å². The lowest BCUT2D eigenvalue weighted by atomic mass is 9.96. The molecule has 250 valence electrons. The molecular weight excluding hydrogens is 594 g/mol. The van der Waals surface area contributed by atoms with Crippen LogP contribution in [0, 0.1) is 12.8 Å². The van der Waals surface area contributed by atoms with Crippen LogP contribution in [0.5, 0.6) is 0 Å². The molecule has 5 rings (SSSR count). The second-order valence-corrected chi connectivity index (χ2v) is 12.9. The van der Waals surface area contributed by atoms with Crippen LogP contribution in [-0.4, -0.2) is 39.5 Å². The summed E-state index contributed by atoms with van der Waals surface area (Å²) >= 11 is 0. The summed E-state index contributed by atoms with van der Waals surface area (Å²) in [5.74, 6) is -0.294. The molecule has 3 N–H and O–H groups in total. The third-order valence-corrected chi connectivity index (χ3v) is 8.74. The standard InChI is InChI=1S/C37H47N5O5/c1-5-42-22-27(29-18-12-13-19-32(29)42)21-31(35-41-33(25(4)47-35)36(44)46-23-26-14-8-6-9-15-26)39-34(43)30(20-24(2)3)40-37(45)38-28-16-10-7-11-17-28/h6,8-9,12-15,18-19,22,24,28,30-31H,5,7,10-11,16-17,20-21,23H2,1-4H3,(H,39,43)(H2,38,40,45)/t30-,31+/m0/s1. The zero-order chi connectivity index (χ0) is 33.3.